The number of hydrogen-bond donors (Lipinski definition) is 1. The molecule has 0 amide bonds. The van der Waals surface area contributed by atoms with E-state index in [0.717, 1.165) is 19.3 Å². The summed E-state index contributed by atoms with van der Waals surface area (Å²) >= 11 is 0. The van der Waals surface area contributed by atoms with Crippen LogP contribution in [0.4, 0.5) is 0 Å². The van der Waals surface area contributed by atoms with E-state index in [4.69, 9.17) is 9.47 Å². The molecule has 3 fully saturated rings. The second-order valence-electron chi connectivity index (χ2n) is 8.50. The minimum absolute atomic E-state index is 0.151. The molecule has 3 aliphatic rings. The van der Waals surface area contributed by atoms with Gasteiger partial charge >= 0.3 is 5.97 Å². The van der Waals surface area contributed by atoms with Gasteiger partial charge in [0.15, 0.2) is 0 Å². The molecular formula is C18H32O4. The second-order valence-corrected chi connectivity index (χ2v) is 8.50. The summed E-state index contributed by atoms with van der Waals surface area (Å²) in [7, 11) is 0. The van der Waals surface area contributed by atoms with E-state index in [1.807, 2.05) is 27.7 Å². The zero-order chi connectivity index (χ0) is 16.8. The van der Waals surface area contributed by atoms with Gasteiger partial charge in [0.25, 0.3) is 0 Å². The molecule has 22 heavy (non-hydrogen) atoms. The minimum Gasteiger partial charge on any atom is -0.463 e. The fourth-order valence-corrected chi connectivity index (χ4v) is 4.03. The fraction of sp³-hybridized carbons (Fsp3) is 0.944. The topological polar surface area (TPSA) is 55.8 Å². The Morgan fingerprint density at radius 1 is 1.23 bits per heavy atom. The van der Waals surface area contributed by atoms with Crippen LogP contribution in [0.25, 0.3) is 0 Å². The predicted molar refractivity (Wildman–Crippen MR) is 85.4 cm³/mol. The Morgan fingerprint density at radius 2 is 1.86 bits per heavy atom. The molecule has 4 nitrogen and oxygen atoms in total. The number of ether oxygens (including phenoxy) is 2. The third kappa shape index (κ3) is 2.92. The Kier molecular flexibility index (Phi) is 4.67. The van der Waals surface area contributed by atoms with Crippen LogP contribution in [-0.2, 0) is 14.3 Å². The lowest BCUT2D eigenvalue weighted by atomic mass is 9.43. The van der Waals surface area contributed by atoms with E-state index in [1.54, 1.807) is 0 Å². The lowest BCUT2D eigenvalue weighted by Gasteiger charge is -2.64. The van der Waals surface area contributed by atoms with Gasteiger partial charge in [0.1, 0.15) is 6.61 Å². The summed E-state index contributed by atoms with van der Waals surface area (Å²) in [5.74, 6) is 0.743. The standard InChI is InChI=1S/C18H32O4/c1-7-16(2,3)15(19)22-9-8-21-14-11-12-10-13(17(12,4)5)18(14,6)20/h12-14,20H,7-11H2,1-6H3/t12?,13-,14?,18-/m0/s1. The molecule has 0 aromatic heterocycles. The zero-order valence-electron chi connectivity index (χ0n) is 14.9. The maximum Gasteiger partial charge on any atom is 0.311 e. The number of hydrogen-bond acceptors (Lipinski definition) is 4. The lowest BCUT2D eigenvalue weighted by molar-refractivity contribution is -0.258. The molecule has 3 aliphatic carbocycles. The van der Waals surface area contributed by atoms with Gasteiger partial charge in [0.05, 0.1) is 23.7 Å². The first-order valence-electron chi connectivity index (χ1n) is 8.54. The Balaban J connectivity index is 1.78. The van der Waals surface area contributed by atoms with Crippen LogP contribution >= 0.6 is 0 Å². The van der Waals surface area contributed by atoms with Gasteiger partial charge in [-0.3, -0.25) is 4.79 Å². The molecule has 0 heterocycles. The van der Waals surface area contributed by atoms with Crippen molar-refractivity contribution in [3.63, 3.8) is 0 Å². The summed E-state index contributed by atoms with van der Waals surface area (Å²) in [6, 6.07) is 0. The molecule has 4 atom stereocenters. The number of rotatable bonds is 6. The van der Waals surface area contributed by atoms with Crippen molar-refractivity contribution in [2.75, 3.05) is 13.2 Å². The van der Waals surface area contributed by atoms with E-state index >= 15 is 0 Å². The van der Waals surface area contributed by atoms with Crippen molar-refractivity contribution in [1.82, 2.24) is 0 Å². The maximum atomic E-state index is 11.9. The highest BCUT2D eigenvalue weighted by molar-refractivity contribution is 5.75. The fourth-order valence-electron chi connectivity index (χ4n) is 4.03. The van der Waals surface area contributed by atoms with Crippen LogP contribution < -0.4 is 0 Å². The summed E-state index contributed by atoms with van der Waals surface area (Å²) in [6.45, 7) is 12.7. The van der Waals surface area contributed by atoms with Gasteiger partial charge in [0, 0.05) is 0 Å². The quantitative estimate of drug-likeness (QED) is 0.604. The van der Waals surface area contributed by atoms with E-state index in [9.17, 15) is 9.90 Å². The zero-order valence-corrected chi connectivity index (χ0v) is 14.9. The highest BCUT2D eigenvalue weighted by Gasteiger charge is 2.63. The Labute approximate surface area is 134 Å². The van der Waals surface area contributed by atoms with Crippen molar-refractivity contribution in [2.45, 2.75) is 72.5 Å². The van der Waals surface area contributed by atoms with Crippen LogP contribution in [0.2, 0.25) is 0 Å². The first-order chi connectivity index (χ1) is 10.0. The maximum absolute atomic E-state index is 11.9. The van der Waals surface area contributed by atoms with E-state index in [1.165, 1.54) is 0 Å². The third-order valence-corrected chi connectivity index (χ3v) is 6.40. The van der Waals surface area contributed by atoms with Gasteiger partial charge in [-0.25, -0.2) is 0 Å². The molecular weight excluding hydrogens is 280 g/mol. The Hall–Kier alpha value is -0.610. The lowest BCUT2D eigenvalue weighted by Crippen LogP contribution is -2.67. The smallest absolute Gasteiger partial charge is 0.311 e. The van der Waals surface area contributed by atoms with E-state index in [2.05, 4.69) is 13.8 Å². The first-order valence-corrected chi connectivity index (χ1v) is 8.54. The predicted octanol–water partition coefficient (Wildman–Crippen LogP) is 3.17. The summed E-state index contributed by atoms with van der Waals surface area (Å²) in [5, 5.41) is 10.8. The van der Waals surface area contributed by atoms with Gasteiger partial charge in [-0.05, 0) is 57.3 Å². The van der Waals surface area contributed by atoms with Crippen molar-refractivity contribution < 1.29 is 19.4 Å². The van der Waals surface area contributed by atoms with Crippen LogP contribution in [0.15, 0.2) is 0 Å². The average Bonchev–Trinajstić information content (AvgIpc) is 2.43. The van der Waals surface area contributed by atoms with Crippen LogP contribution in [0.3, 0.4) is 0 Å². The largest absolute Gasteiger partial charge is 0.463 e. The summed E-state index contributed by atoms with van der Waals surface area (Å²) < 4.78 is 11.2. The molecule has 3 saturated carbocycles. The number of fused-ring (bicyclic) bond motifs is 2. The van der Waals surface area contributed by atoms with Crippen LogP contribution in [-0.4, -0.2) is 36.0 Å². The molecule has 0 spiro atoms. The van der Waals surface area contributed by atoms with E-state index < -0.39 is 11.0 Å². The molecule has 0 aliphatic heterocycles. The summed E-state index contributed by atoms with van der Waals surface area (Å²) in [4.78, 5) is 11.9. The van der Waals surface area contributed by atoms with Crippen molar-refractivity contribution in [3.05, 3.63) is 0 Å². The molecule has 3 rings (SSSR count). The SMILES string of the molecule is CCC(C)(C)C(=O)OCCOC1CC2C[C@@H](C2(C)C)[C@]1(C)O. The number of aliphatic hydroxyl groups is 1. The molecule has 0 aromatic carbocycles. The monoisotopic (exact) mass is 312 g/mol. The second kappa shape index (κ2) is 5.79. The third-order valence-electron chi connectivity index (χ3n) is 6.40. The van der Waals surface area contributed by atoms with Gasteiger partial charge < -0.3 is 14.6 Å². The highest BCUT2D eigenvalue weighted by atomic mass is 16.6. The molecule has 0 radical (unpaired) electrons. The molecule has 4 heteroatoms. The number of carbonyl (C=O) groups is 1. The van der Waals surface area contributed by atoms with E-state index in [-0.39, 0.29) is 24.1 Å². The van der Waals surface area contributed by atoms with Crippen LogP contribution in [0.1, 0.15) is 60.8 Å². The molecule has 2 unspecified atom stereocenters. The van der Waals surface area contributed by atoms with E-state index in [0.29, 0.717) is 18.4 Å². The summed E-state index contributed by atoms with van der Waals surface area (Å²) in [5.41, 5.74) is -1.02. The van der Waals surface area contributed by atoms with Crippen molar-refractivity contribution in [3.8, 4) is 0 Å². The van der Waals surface area contributed by atoms with Crippen molar-refractivity contribution in [1.29, 1.82) is 0 Å². The normalized spacial score (nSPS) is 36.6. The molecule has 1 N–H and O–H groups in total. The Bertz CT molecular complexity index is 425. The van der Waals surface area contributed by atoms with Crippen LogP contribution in [0.5, 0.6) is 0 Å². The van der Waals surface area contributed by atoms with Crippen molar-refractivity contribution in [2.24, 2.45) is 22.7 Å². The average molecular weight is 312 g/mol. The molecule has 128 valence electrons. The number of esters is 1. The Morgan fingerprint density at radius 3 is 2.36 bits per heavy atom. The molecule has 0 aromatic rings. The van der Waals surface area contributed by atoms with Gasteiger partial charge in [0.2, 0.25) is 0 Å². The number of carbonyl (C=O) groups excluding carboxylic acids is 1. The van der Waals surface area contributed by atoms with Gasteiger partial charge in [-0.1, -0.05) is 20.8 Å². The summed E-state index contributed by atoms with van der Waals surface area (Å²) in [6.07, 6.45) is 2.59. The molecule has 2 bridgehead atoms. The van der Waals surface area contributed by atoms with Crippen LogP contribution in [0, 0.1) is 22.7 Å². The molecule has 0 saturated heterocycles. The minimum atomic E-state index is -0.787. The first kappa shape index (κ1) is 17.7. The van der Waals surface area contributed by atoms with Crippen molar-refractivity contribution >= 4 is 5.97 Å². The van der Waals surface area contributed by atoms with Gasteiger partial charge in [-0.2, -0.15) is 0 Å². The van der Waals surface area contributed by atoms with Gasteiger partial charge in [-0.15, -0.1) is 0 Å². The highest BCUT2D eigenvalue weighted by Crippen LogP contribution is 2.63.